The Hall–Kier alpha value is -2.18. The van der Waals surface area contributed by atoms with E-state index in [-0.39, 0.29) is 12.1 Å². The average molecular weight is 365 g/mol. The van der Waals surface area contributed by atoms with Crippen LogP contribution in [0.1, 0.15) is 30.4 Å². The van der Waals surface area contributed by atoms with Gasteiger partial charge in [0.1, 0.15) is 5.82 Å². The molecule has 2 aromatic heterocycles. The van der Waals surface area contributed by atoms with Crippen LogP contribution in [-0.2, 0) is 13.6 Å². The third-order valence-electron chi connectivity index (χ3n) is 6.60. The van der Waals surface area contributed by atoms with Gasteiger partial charge in [0.15, 0.2) is 0 Å². The molecule has 0 bridgehead atoms. The zero-order valence-electron chi connectivity index (χ0n) is 16.0. The van der Waals surface area contributed by atoms with Gasteiger partial charge >= 0.3 is 0 Å². The van der Waals surface area contributed by atoms with E-state index in [1.165, 1.54) is 5.69 Å². The van der Waals surface area contributed by atoms with Crippen molar-refractivity contribution in [1.82, 2.24) is 24.2 Å². The molecule has 0 radical (unpaired) electrons. The van der Waals surface area contributed by atoms with Crippen molar-refractivity contribution in [3.05, 3.63) is 48.0 Å². The second-order valence-corrected chi connectivity index (χ2v) is 8.28. The van der Waals surface area contributed by atoms with Crippen LogP contribution in [0, 0.1) is 18.8 Å². The van der Waals surface area contributed by atoms with Gasteiger partial charge < -0.3 is 9.67 Å². The van der Waals surface area contributed by atoms with Gasteiger partial charge in [0.2, 0.25) is 0 Å². The number of hydrogen-bond acceptors (Lipinski definition) is 4. The van der Waals surface area contributed by atoms with Gasteiger partial charge in [-0.2, -0.15) is 5.10 Å². The summed E-state index contributed by atoms with van der Waals surface area (Å²) in [6.07, 6.45) is 3.46. The van der Waals surface area contributed by atoms with Crippen molar-refractivity contribution in [2.75, 3.05) is 13.1 Å². The van der Waals surface area contributed by atoms with Crippen LogP contribution in [0.5, 0.6) is 0 Å². The van der Waals surface area contributed by atoms with E-state index in [0.29, 0.717) is 11.8 Å². The van der Waals surface area contributed by atoms with Crippen molar-refractivity contribution in [3.8, 4) is 0 Å². The maximum absolute atomic E-state index is 11.0. The van der Waals surface area contributed by atoms with E-state index in [1.807, 2.05) is 24.0 Å². The van der Waals surface area contributed by atoms with Gasteiger partial charge in [-0.05, 0) is 49.8 Å². The molecule has 142 valence electrons. The van der Waals surface area contributed by atoms with Gasteiger partial charge in [-0.15, -0.1) is 0 Å². The summed E-state index contributed by atoms with van der Waals surface area (Å²) < 4.78 is 4.24. The standard InChI is InChI=1S/C21H27N5O/c1-14-23-18-5-3-4-6-19(18)26(14)20-9-15-11-25(12-16(15)10-21(20)27)13-17-7-8-22-24(17)2/h3-8,15-16,20-21,27H,9-13H2,1-2H3/t15-,16+,20-,21-/m0/s1. The zero-order valence-corrected chi connectivity index (χ0v) is 16.0. The van der Waals surface area contributed by atoms with Crippen LogP contribution in [0.4, 0.5) is 0 Å². The average Bonchev–Trinajstić information content (AvgIpc) is 3.31. The molecule has 5 rings (SSSR count). The molecule has 2 aliphatic rings. The summed E-state index contributed by atoms with van der Waals surface area (Å²) >= 11 is 0. The highest BCUT2D eigenvalue weighted by molar-refractivity contribution is 5.76. The van der Waals surface area contributed by atoms with Gasteiger partial charge in [0.05, 0.1) is 28.9 Å². The minimum atomic E-state index is -0.306. The second kappa shape index (κ2) is 6.46. The Bertz CT molecular complexity index is 961. The van der Waals surface area contributed by atoms with E-state index >= 15 is 0 Å². The summed E-state index contributed by atoms with van der Waals surface area (Å²) in [5.74, 6) is 2.22. The first-order valence-corrected chi connectivity index (χ1v) is 9.91. The van der Waals surface area contributed by atoms with E-state index in [4.69, 9.17) is 4.98 Å². The topological polar surface area (TPSA) is 59.1 Å². The van der Waals surface area contributed by atoms with Crippen molar-refractivity contribution >= 4 is 11.0 Å². The molecule has 6 heteroatoms. The summed E-state index contributed by atoms with van der Waals surface area (Å²) in [7, 11) is 2.01. The number of para-hydroxylation sites is 2. The number of benzene rings is 1. The number of imidazole rings is 1. The molecule has 1 aliphatic heterocycles. The predicted molar refractivity (Wildman–Crippen MR) is 104 cm³/mol. The minimum absolute atomic E-state index is 0.121. The monoisotopic (exact) mass is 365 g/mol. The summed E-state index contributed by atoms with van der Waals surface area (Å²) in [6.45, 7) is 5.17. The summed E-state index contributed by atoms with van der Waals surface area (Å²) in [6, 6.07) is 10.5. The van der Waals surface area contributed by atoms with Gasteiger partial charge in [0.25, 0.3) is 0 Å². The van der Waals surface area contributed by atoms with Crippen molar-refractivity contribution in [1.29, 1.82) is 0 Å². The van der Waals surface area contributed by atoms with E-state index in [9.17, 15) is 5.11 Å². The molecule has 6 nitrogen and oxygen atoms in total. The Labute approximate surface area is 159 Å². The van der Waals surface area contributed by atoms with Crippen LogP contribution in [0.25, 0.3) is 11.0 Å². The van der Waals surface area contributed by atoms with Crippen LogP contribution in [-0.4, -0.2) is 48.5 Å². The van der Waals surface area contributed by atoms with Crippen molar-refractivity contribution in [3.63, 3.8) is 0 Å². The number of aliphatic hydroxyl groups excluding tert-OH is 1. The molecule has 0 unspecified atom stereocenters. The molecule has 27 heavy (non-hydrogen) atoms. The Morgan fingerprint density at radius 2 is 1.89 bits per heavy atom. The molecule has 1 N–H and O–H groups in total. The Morgan fingerprint density at radius 3 is 2.67 bits per heavy atom. The van der Waals surface area contributed by atoms with Gasteiger partial charge in [-0.3, -0.25) is 9.58 Å². The number of rotatable bonds is 3. The smallest absolute Gasteiger partial charge is 0.107 e. The third kappa shape index (κ3) is 2.87. The van der Waals surface area contributed by atoms with Gasteiger partial charge in [-0.25, -0.2) is 4.98 Å². The Morgan fingerprint density at radius 1 is 1.11 bits per heavy atom. The van der Waals surface area contributed by atoms with Crippen molar-refractivity contribution in [2.45, 2.75) is 38.5 Å². The zero-order chi connectivity index (χ0) is 18.5. The molecule has 3 heterocycles. The maximum atomic E-state index is 11.0. The van der Waals surface area contributed by atoms with E-state index in [2.05, 4.69) is 45.8 Å². The highest BCUT2D eigenvalue weighted by atomic mass is 16.3. The third-order valence-corrected chi connectivity index (χ3v) is 6.60. The lowest BCUT2D eigenvalue weighted by atomic mass is 9.77. The van der Waals surface area contributed by atoms with Gasteiger partial charge in [0, 0.05) is 32.9 Å². The molecular formula is C21H27N5O. The molecule has 4 atom stereocenters. The van der Waals surface area contributed by atoms with Crippen LogP contribution >= 0.6 is 0 Å². The van der Waals surface area contributed by atoms with Crippen molar-refractivity contribution in [2.24, 2.45) is 18.9 Å². The molecule has 1 aliphatic carbocycles. The number of hydrogen-bond donors (Lipinski definition) is 1. The fraction of sp³-hybridized carbons (Fsp3) is 0.524. The fourth-order valence-corrected chi connectivity index (χ4v) is 5.28. The first-order valence-electron chi connectivity index (χ1n) is 9.91. The first-order chi connectivity index (χ1) is 13.1. The number of nitrogens with zero attached hydrogens (tertiary/aromatic N) is 5. The molecule has 0 spiro atoms. The summed E-state index contributed by atoms with van der Waals surface area (Å²) in [5.41, 5.74) is 3.41. The van der Waals surface area contributed by atoms with Gasteiger partial charge in [-0.1, -0.05) is 12.1 Å². The maximum Gasteiger partial charge on any atom is 0.107 e. The largest absolute Gasteiger partial charge is 0.391 e. The van der Waals surface area contributed by atoms with Crippen LogP contribution < -0.4 is 0 Å². The number of fused-ring (bicyclic) bond motifs is 2. The molecule has 1 saturated carbocycles. The molecule has 1 aromatic carbocycles. The minimum Gasteiger partial charge on any atom is -0.391 e. The fourth-order valence-electron chi connectivity index (χ4n) is 5.28. The number of aromatic nitrogens is 4. The SMILES string of the molecule is Cc1nc2ccccc2n1[C@H]1C[C@H]2CN(Cc3ccnn3C)C[C@H]2C[C@@H]1O. The Balaban J connectivity index is 1.37. The second-order valence-electron chi connectivity index (χ2n) is 8.28. The summed E-state index contributed by atoms with van der Waals surface area (Å²) in [5, 5.41) is 15.3. The van der Waals surface area contributed by atoms with E-state index < -0.39 is 0 Å². The molecular weight excluding hydrogens is 338 g/mol. The van der Waals surface area contributed by atoms with E-state index in [0.717, 1.165) is 49.3 Å². The van der Waals surface area contributed by atoms with Crippen LogP contribution in [0.2, 0.25) is 0 Å². The highest BCUT2D eigenvalue weighted by Gasteiger charge is 2.43. The Kier molecular flexibility index (Phi) is 4.06. The van der Waals surface area contributed by atoms with Crippen molar-refractivity contribution < 1.29 is 5.11 Å². The molecule has 1 saturated heterocycles. The molecule has 3 aromatic rings. The quantitative estimate of drug-likeness (QED) is 0.775. The summed E-state index contributed by atoms with van der Waals surface area (Å²) in [4.78, 5) is 7.24. The molecule has 0 amide bonds. The first kappa shape index (κ1) is 17.0. The lowest BCUT2D eigenvalue weighted by Crippen LogP contribution is -2.36. The normalized spacial score (nSPS) is 28.7. The number of aryl methyl sites for hydroxylation is 2. The number of likely N-dealkylation sites (tertiary alicyclic amines) is 1. The highest BCUT2D eigenvalue weighted by Crippen LogP contribution is 2.43. The lowest BCUT2D eigenvalue weighted by Gasteiger charge is -2.36. The van der Waals surface area contributed by atoms with Crippen LogP contribution in [0.15, 0.2) is 36.5 Å². The van der Waals surface area contributed by atoms with E-state index in [1.54, 1.807) is 0 Å². The number of aliphatic hydroxyl groups is 1. The molecule has 2 fully saturated rings. The van der Waals surface area contributed by atoms with Crippen LogP contribution in [0.3, 0.4) is 0 Å². The lowest BCUT2D eigenvalue weighted by molar-refractivity contribution is 0.0366. The predicted octanol–water partition coefficient (Wildman–Crippen LogP) is 2.52.